The van der Waals surface area contributed by atoms with Crippen LogP contribution in [-0.2, 0) is 20.9 Å². The third-order valence-corrected chi connectivity index (χ3v) is 4.29. The number of carbonyl (C=O) groups excluding carboxylic acids is 2. The fourth-order valence-corrected chi connectivity index (χ4v) is 3.01. The van der Waals surface area contributed by atoms with Gasteiger partial charge in [0.1, 0.15) is 6.54 Å². The van der Waals surface area contributed by atoms with Gasteiger partial charge in [-0.15, -0.1) is 0 Å². The van der Waals surface area contributed by atoms with E-state index in [2.05, 4.69) is 10.1 Å². The molecule has 2 aromatic carbocycles. The molecule has 1 aromatic heterocycles. The first-order valence-electron chi connectivity index (χ1n) is 8.45. The fourth-order valence-electron chi connectivity index (χ4n) is 3.01. The average Bonchev–Trinajstić information content (AvgIpc) is 2.68. The van der Waals surface area contributed by atoms with Crippen LogP contribution in [0.1, 0.15) is 12.8 Å². The molecule has 3 rings (SSSR count). The summed E-state index contributed by atoms with van der Waals surface area (Å²) in [7, 11) is 1.34. The van der Waals surface area contributed by atoms with Crippen molar-refractivity contribution in [2.24, 2.45) is 0 Å². The van der Waals surface area contributed by atoms with Crippen molar-refractivity contribution in [3.8, 4) is 0 Å². The number of para-hydroxylation sites is 2. The number of methoxy groups -OCH3 is 1. The third kappa shape index (κ3) is 3.59. The summed E-state index contributed by atoms with van der Waals surface area (Å²) in [5.74, 6) is -0.467. The van der Waals surface area contributed by atoms with Crippen LogP contribution in [0.4, 0.5) is 0 Å². The molecule has 0 atom stereocenters. The summed E-state index contributed by atoms with van der Waals surface area (Å²) >= 11 is 0. The number of pyridine rings is 1. The first kappa shape index (κ1) is 17.7. The number of fused-ring (bicyclic) bond motifs is 2. The van der Waals surface area contributed by atoms with Crippen LogP contribution < -0.4 is 10.7 Å². The molecule has 6 heteroatoms. The Kier molecular flexibility index (Phi) is 5.31. The lowest BCUT2D eigenvalue weighted by molar-refractivity contribution is -0.140. The van der Waals surface area contributed by atoms with Crippen LogP contribution in [0.25, 0.3) is 21.8 Å². The topological polar surface area (TPSA) is 77.4 Å². The number of hydrogen-bond donors (Lipinski definition) is 1. The van der Waals surface area contributed by atoms with Crippen LogP contribution in [-0.4, -0.2) is 30.1 Å². The smallest absolute Gasteiger partial charge is 0.305 e. The van der Waals surface area contributed by atoms with E-state index in [-0.39, 0.29) is 30.3 Å². The molecule has 134 valence electrons. The molecule has 26 heavy (non-hydrogen) atoms. The summed E-state index contributed by atoms with van der Waals surface area (Å²) in [5.41, 5.74) is 1.41. The van der Waals surface area contributed by atoms with E-state index < -0.39 is 0 Å². The Hall–Kier alpha value is -3.15. The Morgan fingerprint density at radius 2 is 1.58 bits per heavy atom. The Bertz CT molecular complexity index is 963. The Labute approximate surface area is 150 Å². The van der Waals surface area contributed by atoms with Gasteiger partial charge in [-0.1, -0.05) is 24.3 Å². The van der Waals surface area contributed by atoms with Gasteiger partial charge in [0, 0.05) is 23.7 Å². The molecular weight excluding hydrogens is 332 g/mol. The van der Waals surface area contributed by atoms with E-state index in [0.717, 1.165) is 11.0 Å². The fraction of sp³-hybridized carbons (Fsp3) is 0.250. The number of hydrogen-bond acceptors (Lipinski definition) is 4. The van der Waals surface area contributed by atoms with Gasteiger partial charge in [0.2, 0.25) is 5.91 Å². The molecule has 1 amide bonds. The van der Waals surface area contributed by atoms with Crippen LogP contribution in [0.15, 0.2) is 53.3 Å². The number of aromatic nitrogens is 1. The standard InChI is InChI=1S/C20H20N2O4/c1-26-19(24)11-6-12-21-18(23)13-22-16-9-4-2-7-14(16)20(25)15-8-3-5-10-17(15)22/h2-5,7-10H,6,11-13H2,1H3,(H,21,23). The lowest BCUT2D eigenvalue weighted by Crippen LogP contribution is -2.29. The molecule has 0 spiro atoms. The molecule has 0 saturated heterocycles. The SMILES string of the molecule is COC(=O)CCCNC(=O)Cn1c2ccccc2c(=O)c2ccccc21. The minimum atomic E-state index is -0.295. The van der Waals surface area contributed by atoms with Crippen molar-refractivity contribution >= 4 is 33.7 Å². The van der Waals surface area contributed by atoms with Crippen molar-refractivity contribution in [2.45, 2.75) is 19.4 Å². The predicted octanol–water partition coefficient (Wildman–Crippen LogP) is 2.22. The zero-order valence-corrected chi connectivity index (χ0v) is 14.5. The molecule has 3 aromatic rings. The molecule has 0 aliphatic rings. The van der Waals surface area contributed by atoms with Gasteiger partial charge in [0.05, 0.1) is 18.1 Å². The molecular formula is C20H20N2O4. The number of amides is 1. The molecule has 1 N–H and O–H groups in total. The summed E-state index contributed by atoms with van der Waals surface area (Å²) < 4.78 is 6.42. The normalized spacial score (nSPS) is 10.8. The number of benzene rings is 2. The number of ether oxygens (including phenoxy) is 1. The highest BCUT2D eigenvalue weighted by molar-refractivity contribution is 5.94. The highest BCUT2D eigenvalue weighted by Gasteiger charge is 2.12. The Morgan fingerprint density at radius 3 is 2.15 bits per heavy atom. The molecule has 1 heterocycles. The number of esters is 1. The quantitative estimate of drug-likeness (QED) is 0.419. The monoisotopic (exact) mass is 352 g/mol. The lowest BCUT2D eigenvalue weighted by atomic mass is 10.1. The van der Waals surface area contributed by atoms with Gasteiger partial charge in [0.15, 0.2) is 5.43 Å². The van der Waals surface area contributed by atoms with Crippen molar-refractivity contribution in [1.82, 2.24) is 9.88 Å². The van der Waals surface area contributed by atoms with E-state index >= 15 is 0 Å². The van der Waals surface area contributed by atoms with Gasteiger partial charge in [-0.2, -0.15) is 0 Å². The number of nitrogens with zero attached hydrogens (tertiary/aromatic N) is 1. The lowest BCUT2D eigenvalue weighted by Gasteiger charge is -2.15. The van der Waals surface area contributed by atoms with Crippen molar-refractivity contribution in [3.05, 3.63) is 58.8 Å². The minimum Gasteiger partial charge on any atom is -0.469 e. The van der Waals surface area contributed by atoms with E-state index in [0.29, 0.717) is 23.7 Å². The predicted molar refractivity (Wildman–Crippen MR) is 100.0 cm³/mol. The van der Waals surface area contributed by atoms with E-state index in [9.17, 15) is 14.4 Å². The second kappa shape index (κ2) is 7.82. The molecule has 0 saturated carbocycles. The summed E-state index contributed by atoms with van der Waals surface area (Å²) in [4.78, 5) is 36.1. The second-order valence-corrected chi connectivity index (χ2v) is 5.98. The van der Waals surface area contributed by atoms with Gasteiger partial charge in [0.25, 0.3) is 0 Å². The van der Waals surface area contributed by atoms with Gasteiger partial charge in [-0.25, -0.2) is 0 Å². The molecule has 0 aliphatic heterocycles. The van der Waals surface area contributed by atoms with Crippen LogP contribution in [0.3, 0.4) is 0 Å². The Balaban J connectivity index is 1.87. The van der Waals surface area contributed by atoms with E-state index in [1.54, 1.807) is 12.1 Å². The zero-order chi connectivity index (χ0) is 18.5. The van der Waals surface area contributed by atoms with E-state index in [1.165, 1.54) is 7.11 Å². The first-order chi connectivity index (χ1) is 12.6. The van der Waals surface area contributed by atoms with Gasteiger partial charge < -0.3 is 14.6 Å². The molecule has 0 aliphatic carbocycles. The van der Waals surface area contributed by atoms with Crippen molar-refractivity contribution in [1.29, 1.82) is 0 Å². The van der Waals surface area contributed by atoms with Crippen molar-refractivity contribution in [2.75, 3.05) is 13.7 Å². The molecule has 0 unspecified atom stereocenters. The van der Waals surface area contributed by atoms with Crippen LogP contribution >= 0.6 is 0 Å². The van der Waals surface area contributed by atoms with E-state index in [4.69, 9.17) is 0 Å². The summed E-state index contributed by atoms with van der Waals surface area (Å²) in [5, 5.41) is 3.98. The number of rotatable bonds is 6. The first-order valence-corrected chi connectivity index (χ1v) is 8.45. The maximum absolute atomic E-state index is 12.7. The maximum Gasteiger partial charge on any atom is 0.305 e. The maximum atomic E-state index is 12.7. The van der Waals surface area contributed by atoms with Gasteiger partial charge >= 0.3 is 5.97 Å². The molecule has 0 fully saturated rings. The molecule has 6 nitrogen and oxygen atoms in total. The highest BCUT2D eigenvalue weighted by Crippen LogP contribution is 2.18. The zero-order valence-electron chi connectivity index (χ0n) is 14.5. The Morgan fingerprint density at radius 1 is 1.00 bits per heavy atom. The number of nitrogens with one attached hydrogen (secondary N) is 1. The highest BCUT2D eigenvalue weighted by atomic mass is 16.5. The third-order valence-electron chi connectivity index (χ3n) is 4.29. The molecule has 0 radical (unpaired) electrons. The second-order valence-electron chi connectivity index (χ2n) is 5.98. The van der Waals surface area contributed by atoms with Gasteiger partial charge in [-0.3, -0.25) is 14.4 Å². The van der Waals surface area contributed by atoms with Crippen LogP contribution in [0.5, 0.6) is 0 Å². The summed E-state index contributed by atoms with van der Waals surface area (Å²) in [6.45, 7) is 0.490. The van der Waals surface area contributed by atoms with Gasteiger partial charge in [-0.05, 0) is 30.7 Å². The minimum absolute atomic E-state index is 0.0362. The van der Waals surface area contributed by atoms with Crippen molar-refractivity contribution < 1.29 is 14.3 Å². The van der Waals surface area contributed by atoms with Crippen LogP contribution in [0.2, 0.25) is 0 Å². The van der Waals surface area contributed by atoms with Crippen molar-refractivity contribution in [3.63, 3.8) is 0 Å². The van der Waals surface area contributed by atoms with Crippen LogP contribution in [0, 0.1) is 0 Å². The largest absolute Gasteiger partial charge is 0.469 e. The average molecular weight is 352 g/mol. The van der Waals surface area contributed by atoms with E-state index in [1.807, 2.05) is 41.0 Å². The molecule has 0 bridgehead atoms. The number of carbonyl (C=O) groups is 2. The summed E-state index contributed by atoms with van der Waals surface area (Å²) in [6, 6.07) is 14.6. The summed E-state index contributed by atoms with van der Waals surface area (Å²) in [6.07, 6.45) is 0.782.